The molecule has 2 amide bonds. The van der Waals surface area contributed by atoms with Gasteiger partial charge in [0.05, 0.1) is 27.3 Å². The Morgan fingerprint density at radius 2 is 0.986 bits per heavy atom. The topological polar surface area (TPSA) is 175 Å². The Bertz CT molecular complexity index is 2510. The minimum atomic E-state index is -3.52. The molecule has 14 nitrogen and oxygen atoms in total. The molecule has 0 atom stereocenters. The standard InChI is InChI=1S/C30H47N3O4S2.C26H37N3O4S2/c1-3-4-5-6-7-8-9-10-11-12-20-31-26-18-21-33(22-19-26)39(35,36)29-17-16-28(38-29)24-32-30(34)25-14-13-15-27(23-25)37-2;1-33-23-9-5-8-21(18-23)26(30)28-19-24-10-11-25(34-24)35(31,32)29-16-13-22(14-17-29)27-15-12-20-6-3-2-4-7-20/h13-17,23,26,31H,3-12,18-22,24H2,1-2H3,(H,32,34);5,8-11,18,20,22,27H,2-4,6-7,12-17,19H2,1H3,(H,28,30). The number of carbonyl (C=O) groups is 2. The summed E-state index contributed by atoms with van der Waals surface area (Å²) < 4.78 is 67.0. The van der Waals surface area contributed by atoms with E-state index >= 15 is 0 Å². The first-order valence-electron chi connectivity index (χ1n) is 27.4. The molecule has 2 aromatic heterocycles. The van der Waals surface area contributed by atoms with Crippen LogP contribution in [0.2, 0.25) is 0 Å². The summed E-state index contributed by atoms with van der Waals surface area (Å²) in [4.78, 5) is 26.5. The number of benzene rings is 2. The molecule has 2 saturated heterocycles. The lowest BCUT2D eigenvalue weighted by molar-refractivity contribution is 0.0943. The Hall–Kier alpha value is -3.88. The average Bonchev–Trinajstić information content (AvgIpc) is 4.14. The second-order valence-electron chi connectivity index (χ2n) is 20.0. The van der Waals surface area contributed by atoms with E-state index in [1.165, 1.54) is 125 Å². The van der Waals surface area contributed by atoms with Crippen LogP contribution >= 0.6 is 22.7 Å². The molecule has 7 rings (SSSR count). The molecule has 18 heteroatoms. The fraction of sp³-hybridized carbons (Fsp3) is 0.607. The zero-order valence-corrected chi connectivity index (χ0v) is 47.5. The molecule has 1 saturated carbocycles. The normalized spacial score (nSPS) is 16.6. The third-order valence-corrected chi connectivity index (χ3v) is 21.5. The van der Waals surface area contributed by atoms with E-state index < -0.39 is 20.0 Å². The van der Waals surface area contributed by atoms with Gasteiger partial charge in [-0.3, -0.25) is 9.59 Å². The highest BCUT2D eigenvalue weighted by Gasteiger charge is 2.32. The first-order chi connectivity index (χ1) is 35.9. The van der Waals surface area contributed by atoms with Crippen LogP contribution in [0.1, 0.15) is 166 Å². The summed E-state index contributed by atoms with van der Waals surface area (Å²) in [7, 11) is -3.91. The van der Waals surface area contributed by atoms with Crippen molar-refractivity contribution in [2.24, 2.45) is 5.92 Å². The zero-order chi connectivity index (χ0) is 52.6. The first-order valence-corrected chi connectivity index (χ1v) is 31.9. The van der Waals surface area contributed by atoms with Crippen LogP contribution in [0, 0.1) is 5.92 Å². The summed E-state index contributed by atoms with van der Waals surface area (Å²) >= 11 is 2.45. The van der Waals surface area contributed by atoms with E-state index in [-0.39, 0.29) is 24.9 Å². The first kappa shape index (κ1) is 59.4. The second kappa shape index (κ2) is 31.4. The van der Waals surface area contributed by atoms with Gasteiger partial charge >= 0.3 is 0 Å². The molecule has 3 aliphatic rings. The number of amides is 2. The number of carbonyl (C=O) groups excluding carboxylic acids is 2. The zero-order valence-electron chi connectivity index (χ0n) is 44.3. The van der Waals surface area contributed by atoms with Crippen LogP contribution in [0.5, 0.6) is 11.5 Å². The van der Waals surface area contributed by atoms with E-state index in [4.69, 9.17) is 9.47 Å². The van der Waals surface area contributed by atoms with Crippen molar-refractivity contribution < 1.29 is 35.9 Å². The molecule has 0 spiro atoms. The highest BCUT2D eigenvalue weighted by molar-refractivity contribution is 7.91. The summed E-state index contributed by atoms with van der Waals surface area (Å²) in [5.41, 5.74) is 1.01. The van der Waals surface area contributed by atoms with Gasteiger partial charge in [-0.2, -0.15) is 8.61 Å². The smallest absolute Gasteiger partial charge is 0.252 e. The van der Waals surface area contributed by atoms with Crippen LogP contribution in [-0.2, 0) is 33.1 Å². The number of ether oxygens (including phenoxy) is 2. The van der Waals surface area contributed by atoms with Crippen molar-refractivity contribution >= 4 is 54.5 Å². The highest BCUT2D eigenvalue weighted by atomic mass is 32.3. The number of hydrogen-bond acceptors (Lipinski definition) is 12. The van der Waals surface area contributed by atoms with Gasteiger partial charge in [0.25, 0.3) is 31.9 Å². The van der Waals surface area contributed by atoms with Crippen molar-refractivity contribution in [3.8, 4) is 11.5 Å². The quantitative estimate of drug-likeness (QED) is 0.0401. The molecular weight excluding hydrogens is 1010 g/mol. The molecule has 2 aliphatic heterocycles. The number of piperidine rings is 2. The van der Waals surface area contributed by atoms with E-state index in [0.29, 0.717) is 69.3 Å². The Morgan fingerprint density at radius 1 is 0.554 bits per heavy atom. The van der Waals surface area contributed by atoms with E-state index in [2.05, 4.69) is 28.2 Å². The molecule has 4 N–H and O–H groups in total. The molecule has 3 fully saturated rings. The van der Waals surface area contributed by atoms with Gasteiger partial charge in [-0.15, -0.1) is 22.7 Å². The molecule has 0 radical (unpaired) electrons. The lowest BCUT2D eigenvalue weighted by atomic mass is 9.87. The number of thiophene rings is 2. The van der Waals surface area contributed by atoms with Gasteiger partial charge in [0, 0.05) is 59.1 Å². The predicted molar refractivity (Wildman–Crippen MR) is 300 cm³/mol. The fourth-order valence-corrected chi connectivity index (χ4v) is 15.8. The van der Waals surface area contributed by atoms with Crippen LogP contribution in [0.25, 0.3) is 0 Å². The summed E-state index contributed by atoms with van der Waals surface area (Å²) in [6.07, 6.45) is 24.8. The summed E-state index contributed by atoms with van der Waals surface area (Å²) in [6, 6.07) is 21.5. The number of unbranched alkanes of at least 4 members (excludes halogenated alkanes) is 9. The van der Waals surface area contributed by atoms with Crippen LogP contribution < -0.4 is 30.7 Å². The van der Waals surface area contributed by atoms with Gasteiger partial charge in [0.1, 0.15) is 19.9 Å². The molecule has 4 heterocycles. The number of sulfonamides is 2. The van der Waals surface area contributed by atoms with Gasteiger partial charge in [-0.1, -0.05) is 109 Å². The number of hydrogen-bond donors (Lipinski definition) is 4. The Kier molecular flexibility index (Phi) is 25.2. The molecular formula is C56H84N6O8S4. The lowest BCUT2D eigenvalue weighted by Gasteiger charge is -2.32. The van der Waals surface area contributed by atoms with Gasteiger partial charge in [-0.25, -0.2) is 16.8 Å². The van der Waals surface area contributed by atoms with E-state index in [0.717, 1.165) is 54.4 Å². The van der Waals surface area contributed by atoms with Crippen molar-refractivity contribution in [1.29, 1.82) is 0 Å². The van der Waals surface area contributed by atoms with E-state index in [1.54, 1.807) is 95.6 Å². The van der Waals surface area contributed by atoms with Crippen LogP contribution in [0.4, 0.5) is 0 Å². The van der Waals surface area contributed by atoms with Gasteiger partial charge < -0.3 is 30.7 Å². The summed E-state index contributed by atoms with van der Waals surface area (Å²) in [5, 5.41) is 13.0. The third-order valence-electron chi connectivity index (χ3n) is 14.6. The molecule has 410 valence electrons. The van der Waals surface area contributed by atoms with Crippen molar-refractivity contribution in [3.05, 3.63) is 93.7 Å². The predicted octanol–water partition coefficient (Wildman–Crippen LogP) is 10.8. The minimum absolute atomic E-state index is 0.222. The van der Waals surface area contributed by atoms with E-state index in [1.807, 2.05) is 0 Å². The van der Waals surface area contributed by atoms with Gasteiger partial charge in [0.15, 0.2) is 0 Å². The monoisotopic (exact) mass is 1100 g/mol. The minimum Gasteiger partial charge on any atom is -0.497 e. The van der Waals surface area contributed by atoms with Gasteiger partial charge in [0.2, 0.25) is 0 Å². The maximum absolute atomic E-state index is 13.2. The van der Waals surface area contributed by atoms with Crippen molar-refractivity contribution in [2.75, 3.05) is 53.5 Å². The number of methoxy groups -OCH3 is 2. The fourth-order valence-electron chi connectivity index (χ4n) is 9.99. The highest BCUT2D eigenvalue weighted by Crippen LogP contribution is 2.30. The largest absolute Gasteiger partial charge is 0.497 e. The molecule has 0 unspecified atom stereocenters. The Balaban J connectivity index is 0.000000242. The average molecular weight is 1100 g/mol. The Morgan fingerprint density at radius 3 is 1.43 bits per heavy atom. The summed E-state index contributed by atoms with van der Waals surface area (Å²) in [5.74, 6) is 1.65. The van der Waals surface area contributed by atoms with Crippen LogP contribution in [0.3, 0.4) is 0 Å². The maximum atomic E-state index is 13.2. The van der Waals surface area contributed by atoms with Crippen LogP contribution in [0.15, 0.2) is 81.2 Å². The van der Waals surface area contributed by atoms with Crippen molar-refractivity contribution in [1.82, 2.24) is 29.9 Å². The summed E-state index contributed by atoms with van der Waals surface area (Å²) in [6.45, 7) is 7.05. The Labute approximate surface area is 451 Å². The lowest BCUT2D eigenvalue weighted by Crippen LogP contribution is -2.45. The van der Waals surface area contributed by atoms with Crippen molar-refractivity contribution in [3.63, 3.8) is 0 Å². The molecule has 0 bridgehead atoms. The third kappa shape index (κ3) is 19.0. The SMILES string of the molecule is CCCCCCCCCCCCNC1CCN(S(=O)(=O)c2ccc(CNC(=O)c3cccc(OC)c3)s2)CC1.COc1cccc(C(=O)NCc2ccc(S(=O)(=O)N3CCC(NCCC4CCCCC4)CC3)s2)c1. The molecule has 1 aliphatic carbocycles. The maximum Gasteiger partial charge on any atom is 0.252 e. The second-order valence-corrected chi connectivity index (χ2v) is 26.7. The van der Waals surface area contributed by atoms with Gasteiger partial charge in [-0.05, 0) is 118 Å². The number of nitrogens with zero attached hydrogens (tertiary/aromatic N) is 2. The molecule has 2 aromatic carbocycles. The number of rotatable bonds is 28. The van der Waals surface area contributed by atoms with E-state index in [9.17, 15) is 26.4 Å². The molecule has 74 heavy (non-hydrogen) atoms. The number of nitrogens with one attached hydrogen (secondary N) is 4. The van der Waals surface area contributed by atoms with Crippen LogP contribution in [-0.4, -0.2) is 103 Å². The molecule has 4 aromatic rings. The van der Waals surface area contributed by atoms with Crippen molar-refractivity contribution in [2.45, 2.75) is 169 Å².